The normalized spacial score (nSPS) is 10.9. The van der Waals surface area contributed by atoms with Crippen molar-refractivity contribution >= 4 is 15.1 Å². The lowest BCUT2D eigenvalue weighted by Crippen LogP contribution is -2.28. The Morgan fingerprint density at radius 3 is 2.11 bits per heavy atom. The highest BCUT2D eigenvalue weighted by molar-refractivity contribution is 7.00. The summed E-state index contributed by atoms with van der Waals surface area (Å²) in [6.45, 7) is 1.73. The molecule has 0 aromatic rings. The zero-order valence-corrected chi connectivity index (χ0v) is 6.13. The molecule has 54 valence electrons. The predicted octanol–water partition coefficient (Wildman–Crippen LogP) is 0.283. The van der Waals surface area contributed by atoms with Gasteiger partial charge in [0.1, 0.15) is 15.2 Å². The largest absolute Gasteiger partial charge is 0.480 e. The second-order valence-corrected chi connectivity index (χ2v) is 1.35. The van der Waals surface area contributed by atoms with E-state index < -0.39 is 12.0 Å². The van der Waals surface area contributed by atoms with Gasteiger partial charge in [-0.2, -0.15) is 0 Å². The zero-order valence-electron chi connectivity index (χ0n) is 5.13. The third-order valence-corrected chi connectivity index (χ3v) is 0.757. The van der Waals surface area contributed by atoms with Gasteiger partial charge in [-0.15, -0.1) is 0 Å². The third kappa shape index (κ3) is 7.53. The first-order chi connectivity index (χ1) is 4.18. The number of carboxylic acids is 1. The topological polar surface area (TPSA) is 80.4 Å². The van der Waals surface area contributed by atoms with E-state index in [4.69, 9.17) is 15.4 Å². The van der Waals surface area contributed by atoms with Gasteiger partial charge in [-0.25, -0.2) is 0 Å². The summed E-state index contributed by atoms with van der Waals surface area (Å²) in [7, 11) is 1.72. The van der Waals surface area contributed by atoms with Crippen molar-refractivity contribution in [3.05, 3.63) is 0 Å². The minimum absolute atomic E-state index is 0.495. The molecule has 1 atom stereocenters. The molecule has 0 aromatic heterocycles. The molecule has 9 heavy (non-hydrogen) atoms. The van der Waals surface area contributed by atoms with Gasteiger partial charge in [0.05, 0.1) is 0 Å². The number of carbonyl (C=O) groups is 1. The zero-order chi connectivity index (χ0) is 7.86. The van der Waals surface area contributed by atoms with Gasteiger partial charge in [-0.1, -0.05) is 6.92 Å². The van der Waals surface area contributed by atoms with Gasteiger partial charge in [0.25, 0.3) is 0 Å². The molecular formula is C4H10NO3P. The molecular weight excluding hydrogens is 141 g/mol. The van der Waals surface area contributed by atoms with Gasteiger partial charge in [0.2, 0.25) is 0 Å². The fourth-order valence-corrected chi connectivity index (χ4v) is 0.175. The van der Waals surface area contributed by atoms with E-state index in [-0.39, 0.29) is 0 Å². The maximum atomic E-state index is 9.81. The van der Waals surface area contributed by atoms with Crippen LogP contribution in [0, 0.1) is 0 Å². The number of hydrogen-bond donors (Lipinski definition) is 2. The van der Waals surface area contributed by atoms with Crippen molar-refractivity contribution in [2.45, 2.75) is 19.4 Å². The SMILES string of the molecule is CCC(N)C(=O)O.O=P. The Labute approximate surface area is 55.7 Å². The van der Waals surface area contributed by atoms with Gasteiger partial charge in [-0.3, -0.25) is 9.36 Å². The van der Waals surface area contributed by atoms with E-state index >= 15 is 0 Å². The van der Waals surface area contributed by atoms with Crippen molar-refractivity contribution in [3.8, 4) is 0 Å². The third-order valence-electron chi connectivity index (χ3n) is 0.757. The molecule has 5 heteroatoms. The Morgan fingerprint density at radius 1 is 1.78 bits per heavy atom. The number of nitrogens with two attached hydrogens (primary N) is 1. The number of rotatable bonds is 2. The fraction of sp³-hybridized carbons (Fsp3) is 0.750. The smallest absolute Gasteiger partial charge is 0.320 e. The first kappa shape index (κ1) is 11.3. The molecule has 0 bridgehead atoms. The maximum Gasteiger partial charge on any atom is 0.320 e. The number of hydrogen-bond acceptors (Lipinski definition) is 3. The number of carboxylic acid groups (broad SMARTS) is 1. The molecule has 0 fully saturated rings. The Balaban J connectivity index is 0. The van der Waals surface area contributed by atoms with Gasteiger partial charge < -0.3 is 10.8 Å². The van der Waals surface area contributed by atoms with Crippen LogP contribution in [0.15, 0.2) is 0 Å². The molecule has 4 nitrogen and oxygen atoms in total. The Morgan fingerprint density at radius 2 is 2.11 bits per heavy atom. The fourth-order valence-electron chi connectivity index (χ4n) is 0.175. The molecule has 0 aromatic carbocycles. The van der Waals surface area contributed by atoms with Gasteiger partial charge in [-0.05, 0) is 6.42 Å². The summed E-state index contributed by atoms with van der Waals surface area (Å²) < 4.78 is 8.06. The van der Waals surface area contributed by atoms with Crippen LogP contribution in [0.4, 0.5) is 0 Å². The minimum Gasteiger partial charge on any atom is -0.480 e. The Hall–Kier alpha value is -0.470. The van der Waals surface area contributed by atoms with Crippen molar-refractivity contribution in [3.63, 3.8) is 0 Å². The molecule has 0 aliphatic carbocycles. The van der Waals surface area contributed by atoms with E-state index in [2.05, 4.69) is 0 Å². The molecule has 0 rings (SSSR count). The van der Waals surface area contributed by atoms with Gasteiger partial charge in [0.15, 0.2) is 0 Å². The summed E-state index contributed by atoms with van der Waals surface area (Å²) in [5.41, 5.74) is 5.02. The van der Waals surface area contributed by atoms with Crippen LogP contribution in [-0.2, 0) is 9.36 Å². The first-order valence-electron chi connectivity index (χ1n) is 2.37. The average molecular weight is 151 g/mol. The van der Waals surface area contributed by atoms with E-state index in [1.807, 2.05) is 0 Å². The minimum atomic E-state index is -0.928. The van der Waals surface area contributed by atoms with Gasteiger partial charge >= 0.3 is 5.97 Å². The number of aliphatic carboxylic acids is 1. The average Bonchev–Trinajstić information content (AvgIpc) is 1.91. The summed E-state index contributed by atoms with van der Waals surface area (Å²) in [5.74, 6) is -0.928. The van der Waals surface area contributed by atoms with Crippen molar-refractivity contribution in [2.75, 3.05) is 0 Å². The van der Waals surface area contributed by atoms with Crippen LogP contribution < -0.4 is 5.73 Å². The summed E-state index contributed by atoms with van der Waals surface area (Å²) in [5, 5.41) is 8.06. The van der Waals surface area contributed by atoms with Crippen LogP contribution in [0.3, 0.4) is 0 Å². The van der Waals surface area contributed by atoms with Crippen molar-refractivity contribution in [2.24, 2.45) is 5.73 Å². The molecule has 0 amide bonds. The second-order valence-electron chi connectivity index (χ2n) is 1.35. The van der Waals surface area contributed by atoms with E-state index in [0.717, 1.165) is 0 Å². The predicted molar refractivity (Wildman–Crippen MR) is 34.9 cm³/mol. The lowest BCUT2D eigenvalue weighted by atomic mass is 10.2. The molecule has 0 heterocycles. The molecule has 3 N–H and O–H groups in total. The summed E-state index contributed by atoms with van der Waals surface area (Å²) in [4.78, 5) is 9.81. The molecule has 0 aliphatic rings. The first-order valence-corrected chi connectivity index (χ1v) is 2.78. The van der Waals surface area contributed by atoms with Gasteiger partial charge in [0, 0.05) is 0 Å². The van der Waals surface area contributed by atoms with Crippen molar-refractivity contribution in [1.29, 1.82) is 0 Å². The second kappa shape index (κ2) is 7.53. The lowest BCUT2D eigenvalue weighted by Gasteiger charge is -1.97. The Bertz CT molecular complexity index is 87.9. The van der Waals surface area contributed by atoms with Crippen LogP contribution in [0.5, 0.6) is 0 Å². The highest BCUT2D eigenvalue weighted by atomic mass is 31.0. The highest BCUT2D eigenvalue weighted by Gasteiger charge is 2.05. The molecule has 0 saturated heterocycles. The molecule has 0 radical (unpaired) electrons. The van der Waals surface area contributed by atoms with Crippen molar-refractivity contribution in [1.82, 2.24) is 0 Å². The van der Waals surface area contributed by atoms with Crippen LogP contribution in [-0.4, -0.2) is 17.1 Å². The van der Waals surface area contributed by atoms with E-state index in [1.165, 1.54) is 0 Å². The molecule has 0 spiro atoms. The highest BCUT2D eigenvalue weighted by Crippen LogP contribution is 1.82. The van der Waals surface area contributed by atoms with Crippen LogP contribution in [0.25, 0.3) is 0 Å². The maximum absolute atomic E-state index is 9.81. The van der Waals surface area contributed by atoms with Crippen LogP contribution in [0.1, 0.15) is 13.3 Å². The summed E-state index contributed by atoms with van der Waals surface area (Å²) in [6, 6.07) is -0.681. The lowest BCUT2D eigenvalue weighted by molar-refractivity contribution is -0.138. The van der Waals surface area contributed by atoms with Crippen LogP contribution in [0.2, 0.25) is 0 Å². The quantitative estimate of drug-likeness (QED) is 0.555. The van der Waals surface area contributed by atoms with E-state index in [9.17, 15) is 4.79 Å². The molecule has 1 unspecified atom stereocenters. The monoisotopic (exact) mass is 151 g/mol. The standard InChI is InChI=1S/C4H9NO2.HOP/c1-2-3(5)4(6)7;1-2/h3H,2,5H2,1H3,(H,6,7);2H. The van der Waals surface area contributed by atoms with E-state index in [1.54, 1.807) is 16.0 Å². The van der Waals surface area contributed by atoms with Crippen LogP contribution >= 0.6 is 9.12 Å². The summed E-state index contributed by atoms with van der Waals surface area (Å²) in [6.07, 6.45) is 0.495. The Kier molecular flexibility index (Phi) is 9.49. The summed E-state index contributed by atoms with van der Waals surface area (Å²) >= 11 is 0. The molecule has 0 aliphatic heterocycles. The van der Waals surface area contributed by atoms with Crippen molar-refractivity contribution < 1.29 is 14.5 Å². The molecule has 0 saturated carbocycles. The van der Waals surface area contributed by atoms with E-state index in [0.29, 0.717) is 6.42 Å².